The van der Waals surface area contributed by atoms with Gasteiger partial charge >= 0.3 is 0 Å². The Kier molecular flexibility index (Phi) is 4.64. The van der Waals surface area contributed by atoms with Crippen LogP contribution < -0.4 is 0 Å². The summed E-state index contributed by atoms with van der Waals surface area (Å²) in [4.78, 5) is 29.1. The summed E-state index contributed by atoms with van der Waals surface area (Å²) in [5, 5.41) is 0. The lowest BCUT2D eigenvalue weighted by molar-refractivity contribution is 0.0979. The summed E-state index contributed by atoms with van der Waals surface area (Å²) in [6, 6.07) is 6.50. The molecule has 0 N–H and O–H groups in total. The van der Waals surface area contributed by atoms with Crippen molar-refractivity contribution in [3.8, 4) is 0 Å². The normalized spacial score (nSPS) is 13.7. The van der Waals surface area contributed by atoms with E-state index >= 15 is 0 Å². The van der Waals surface area contributed by atoms with Crippen LogP contribution in [0.4, 0.5) is 0 Å². The number of aromatic nitrogens is 1. The zero-order valence-electron chi connectivity index (χ0n) is 13.2. The van der Waals surface area contributed by atoms with Gasteiger partial charge in [-0.25, -0.2) is 13.4 Å². The Hall–Kier alpha value is -1.86. The molecule has 0 saturated carbocycles. The van der Waals surface area contributed by atoms with E-state index in [9.17, 15) is 18.0 Å². The number of carbonyl (C=O) groups is 2. The lowest BCUT2D eigenvalue weighted by atomic mass is 9.92. The Morgan fingerprint density at radius 2 is 1.67 bits per heavy atom. The molecule has 0 amide bonds. The second kappa shape index (κ2) is 6.57. The molecule has 2 aromatic rings. The molecule has 126 valence electrons. The van der Waals surface area contributed by atoms with Crippen molar-refractivity contribution in [2.45, 2.75) is 36.9 Å². The standard InChI is InChI=1S/C17H17NO4S2/c1-2-3-4-7-10-24(21,22)17-18-13-14(19)11-8-5-6-9-12(11)15(20)16(13)23-17/h5-6,8-9H,2-4,7,10H2,1H3. The van der Waals surface area contributed by atoms with Crippen LogP contribution in [0.25, 0.3) is 0 Å². The number of hydrogen-bond donors (Lipinski definition) is 0. The number of sulfone groups is 1. The highest BCUT2D eigenvalue weighted by atomic mass is 32.2. The van der Waals surface area contributed by atoms with Gasteiger partial charge in [-0.2, -0.15) is 0 Å². The third-order valence-corrected chi connectivity index (χ3v) is 7.29. The van der Waals surface area contributed by atoms with E-state index in [4.69, 9.17) is 0 Å². The Bertz CT molecular complexity index is 860. The molecule has 1 aliphatic carbocycles. The highest BCUT2D eigenvalue weighted by molar-refractivity contribution is 7.93. The molecule has 1 aliphatic rings. The molecule has 0 aliphatic heterocycles. The maximum absolute atomic E-state index is 12.5. The monoisotopic (exact) mass is 363 g/mol. The third-order valence-electron chi connectivity index (χ3n) is 3.98. The first kappa shape index (κ1) is 17.0. The predicted octanol–water partition coefficient (Wildman–Crippen LogP) is 3.27. The topological polar surface area (TPSA) is 81.2 Å². The number of nitrogens with zero attached hydrogens (tertiary/aromatic N) is 1. The van der Waals surface area contributed by atoms with Crippen LogP contribution in [0.5, 0.6) is 0 Å². The minimum absolute atomic E-state index is 0.00524. The Balaban J connectivity index is 1.93. The van der Waals surface area contributed by atoms with Crippen LogP contribution in [0.2, 0.25) is 0 Å². The van der Waals surface area contributed by atoms with Gasteiger partial charge in [0.15, 0.2) is 0 Å². The SMILES string of the molecule is CCCCCCS(=O)(=O)c1nc2c(s1)C(=O)c1ccccc1C2=O. The first-order chi connectivity index (χ1) is 11.5. The molecule has 0 radical (unpaired) electrons. The van der Waals surface area contributed by atoms with Gasteiger partial charge in [0.1, 0.15) is 10.6 Å². The zero-order chi connectivity index (χ0) is 17.3. The van der Waals surface area contributed by atoms with Crippen molar-refractivity contribution in [1.82, 2.24) is 4.98 Å². The lowest BCUT2D eigenvalue weighted by Gasteiger charge is -2.11. The van der Waals surface area contributed by atoms with Gasteiger partial charge < -0.3 is 0 Å². The van der Waals surface area contributed by atoms with Crippen molar-refractivity contribution in [3.63, 3.8) is 0 Å². The maximum Gasteiger partial charge on any atom is 0.213 e. The summed E-state index contributed by atoms with van der Waals surface area (Å²) in [5.41, 5.74) is 0.563. The van der Waals surface area contributed by atoms with Crippen LogP contribution in [0.1, 0.15) is 63.9 Å². The molecular weight excluding hydrogens is 346 g/mol. The van der Waals surface area contributed by atoms with E-state index in [0.717, 1.165) is 30.6 Å². The largest absolute Gasteiger partial charge is 0.288 e. The van der Waals surface area contributed by atoms with Gasteiger partial charge in [0, 0.05) is 11.1 Å². The van der Waals surface area contributed by atoms with Crippen molar-refractivity contribution in [3.05, 3.63) is 46.0 Å². The average Bonchev–Trinajstić information content (AvgIpc) is 3.03. The number of hydrogen-bond acceptors (Lipinski definition) is 6. The van der Waals surface area contributed by atoms with Crippen molar-refractivity contribution < 1.29 is 18.0 Å². The highest BCUT2D eigenvalue weighted by Gasteiger charge is 2.35. The van der Waals surface area contributed by atoms with Crippen LogP contribution in [-0.2, 0) is 9.84 Å². The Morgan fingerprint density at radius 3 is 2.33 bits per heavy atom. The second-order valence-corrected chi connectivity index (χ2v) is 9.02. The highest BCUT2D eigenvalue weighted by Crippen LogP contribution is 2.33. The van der Waals surface area contributed by atoms with Crippen molar-refractivity contribution >= 4 is 32.7 Å². The summed E-state index contributed by atoms with van der Waals surface area (Å²) in [6.45, 7) is 2.05. The summed E-state index contributed by atoms with van der Waals surface area (Å²) in [7, 11) is -3.57. The molecule has 0 saturated heterocycles. The molecule has 0 bridgehead atoms. The summed E-state index contributed by atoms with van der Waals surface area (Å²) in [5.74, 6) is -0.719. The van der Waals surface area contributed by atoms with Crippen LogP contribution >= 0.6 is 11.3 Å². The summed E-state index contributed by atoms with van der Waals surface area (Å²) < 4.78 is 24.7. The van der Waals surface area contributed by atoms with Gasteiger partial charge in [-0.1, -0.05) is 61.8 Å². The van der Waals surface area contributed by atoms with Crippen LogP contribution in [0.15, 0.2) is 28.6 Å². The summed E-state index contributed by atoms with van der Waals surface area (Å²) in [6.07, 6.45) is 3.40. The van der Waals surface area contributed by atoms with Crippen LogP contribution in [0.3, 0.4) is 0 Å². The molecular formula is C17H17NO4S2. The number of carbonyl (C=O) groups excluding carboxylic acids is 2. The number of thiazole rings is 1. The molecule has 0 unspecified atom stereocenters. The minimum Gasteiger partial charge on any atom is -0.288 e. The summed E-state index contributed by atoms with van der Waals surface area (Å²) >= 11 is 0.812. The van der Waals surface area contributed by atoms with E-state index in [0.29, 0.717) is 12.0 Å². The number of benzene rings is 1. The van der Waals surface area contributed by atoms with E-state index in [1.54, 1.807) is 24.3 Å². The van der Waals surface area contributed by atoms with Crippen LogP contribution in [-0.4, -0.2) is 30.7 Å². The Morgan fingerprint density at radius 1 is 1.00 bits per heavy atom. The van der Waals surface area contributed by atoms with E-state index in [1.807, 2.05) is 0 Å². The van der Waals surface area contributed by atoms with Gasteiger partial charge in [0.25, 0.3) is 0 Å². The van der Waals surface area contributed by atoms with E-state index in [2.05, 4.69) is 11.9 Å². The minimum atomic E-state index is -3.57. The molecule has 0 atom stereocenters. The second-order valence-electron chi connectivity index (χ2n) is 5.74. The molecule has 5 nitrogen and oxygen atoms in total. The van der Waals surface area contributed by atoms with Gasteiger partial charge in [0.05, 0.1) is 5.75 Å². The van der Waals surface area contributed by atoms with Crippen molar-refractivity contribution in [2.24, 2.45) is 0 Å². The molecule has 3 rings (SSSR count). The third kappa shape index (κ3) is 2.93. The molecule has 0 fully saturated rings. The molecule has 1 aromatic heterocycles. The number of unbranched alkanes of at least 4 members (excludes halogenated alkanes) is 3. The lowest BCUT2D eigenvalue weighted by Crippen LogP contribution is -2.19. The van der Waals surface area contributed by atoms with Crippen LogP contribution in [0, 0.1) is 0 Å². The fourth-order valence-corrected chi connectivity index (χ4v) is 5.42. The van der Waals surface area contributed by atoms with Gasteiger partial charge in [-0.05, 0) is 6.42 Å². The quantitative estimate of drug-likeness (QED) is 0.628. The number of fused-ring (bicyclic) bond motifs is 2. The molecule has 7 heteroatoms. The zero-order valence-corrected chi connectivity index (χ0v) is 14.9. The fourth-order valence-electron chi connectivity index (χ4n) is 2.68. The van der Waals surface area contributed by atoms with Gasteiger partial charge in [-0.3, -0.25) is 9.59 Å². The predicted molar refractivity (Wildman–Crippen MR) is 91.6 cm³/mol. The van der Waals surface area contributed by atoms with Gasteiger partial charge in [-0.15, -0.1) is 0 Å². The van der Waals surface area contributed by atoms with Crippen molar-refractivity contribution in [2.75, 3.05) is 5.75 Å². The van der Waals surface area contributed by atoms with E-state index < -0.39 is 9.84 Å². The maximum atomic E-state index is 12.5. The van der Waals surface area contributed by atoms with E-state index in [1.165, 1.54) is 0 Å². The van der Waals surface area contributed by atoms with Gasteiger partial charge in [0.2, 0.25) is 25.7 Å². The molecule has 1 aromatic carbocycles. The smallest absolute Gasteiger partial charge is 0.213 e. The molecule has 24 heavy (non-hydrogen) atoms. The number of rotatable bonds is 6. The Labute approximate surface area is 144 Å². The molecule has 0 spiro atoms. The first-order valence-corrected chi connectivity index (χ1v) is 10.3. The average molecular weight is 363 g/mol. The van der Waals surface area contributed by atoms with Crippen molar-refractivity contribution in [1.29, 1.82) is 0 Å². The number of ketones is 2. The first-order valence-electron chi connectivity index (χ1n) is 7.87. The molecule has 1 heterocycles. The fraction of sp³-hybridized carbons (Fsp3) is 0.353. The van der Waals surface area contributed by atoms with E-state index in [-0.39, 0.29) is 37.8 Å².